The van der Waals surface area contributed by atoms with Crippen molar-refractivity contribution in [1.82, 2.24) is 0 Å². The summed E-state index contributed by atoms with van der Waals surface area (Å²) in [6.45, 7) is 0.374. The van der Waals surface area contributed by atoms with Crippen LogP contribution in [0.15, 0.2) is 21.1 Å². The molecule has 0 aromatic heterocycles. The Kier molecular flexibility index (Phi) is 5.08. The maximum Gasteiger partial charge on any atom is 0.305 e. The summed E-state index contributed by atoms with van der Waals surface area (Å²) < 4.78 is 6.83. The van der Waals surface area contributed by atoms with E-state index in [-0.39, 0.29) is 6.42 Å². The molecule has 88 valence electrons. The largest absolute Gasteiger partial charge is 0.495 e. The van der Waals surface area contributed by atoms with Crippen LogP contribution >= 0.6 is 31.9 Å². The predicted octanol–water partition coefficient (Wildman–Crippen LogP) is 3.11. The molecule has 2 N–H and O–H groups in total. The smallest absolute Gasteiger partial charge is 0.305 e. The van der Waals surface area contributed by atoms with E-state index in [0.717, 1.165) is 14.6 Å². The molecule has 0 amide bonds. The Bertz CT molecular complexity index is 396. The molecule has 6 heteroatoms. The molecule has 0 aliphatic heterocycles. The first kappa shape index (κ1) is 13.3. The minimum atomic E-state index is -0.826. The van der Waals surface area contributed by atoms with Crippen molar-refractivity contribution in [3.8, 4) is 5.75 Å². The van der Waals surface area contributed by atoms with E-state index in [0.29, 0.717) is 12.3 Å². The van der Waals surface area contributed by atoms with Crippen LogP contribution in [0.4, 0.5) is 5.69 Å². The highest BCUT2D eigenvalue weighted by Crippen LogP contribution is 2.34. The van der Waals surface area contributed by atoms with Crippen LogP contribution in [0.1, 0.15) is 6.42 Å². The molecule has 0 saturated carbocycles. The van der Waals surface area contributed by atoms with E-state index in [4.69, 9.17) is 9.84 Å². The number of nitrogens with one attached hydrogen (secondary N) is 1. The monoisotopic (exact) mass is 351 g/mol. The van der Waals surface area contributed by atoms with Gasteiger partial charge in [-0.2, -0.15) is 0 Å². The lowest BCUT2D eigenvalue weighted by molar-refractivity contribution is -0.136. The molecule has 0 spiro atoms. The fourth-order valence-corrected chi connectivity index (χ4v) is 2.42. The number of anilines is 1. The second-order valence-corrected chi connectivity index (χ2v) is 4.75. The highest BCUT2D eigenvalue weighted by atomic mass is 79.9. The van der Waals surface area contributed by atoms with Gasteiger partial charge in [0.2, 0.25) is 0 Å². The van der Waals surface area contributed by atoms with Crippen molar-refractivity contribution in [1.29, 1.82) is 0 Å². The van der Waals surface area contributed by atoms with Crippen molar-refractivity contribution < 1.29 is 14.6 Å². The summed E-state index contributed by atoms with van der Waals surface area (Å²) in [7, 11) is 1.58. The summed E-state index contributed by atoms with van der Waals surface area (Å²) in [5.74, 6) is -0.131. The number of carboxylic acids is 1. The number of halogens is 2. The van der Waals surface area contributed by atoms with E-state index >= 15 is 0 Å². The highest BCUT2D eigenvalue weighted by molar-refractivity contribution is 9.11. The summed E-state index contributed by atoms with van der Waals surface area (Å²) >= 11 is 6.74. The third kappa shape index (κ3) is 3.68. The van der Waals surface area contributed by atoms with Gasteiger partial charge in [-0.1, -0.05) is 0 Å². The van der Waals surface area contributed by atoms with Gasteiger partial charge in [0.25, 0.3) is 0 Å². The summed E-state index contributed by atoms with van der Waals surface area (Å²) in [5.41, 5.74) is 0.807. The molecular formula is C10H11Br2NO3. The van der Waals surface area contributed by atoms with Crippen molar-refractivity contribution in [3.63, 3.8) is 0 Å². The minimum absolute atomic E-state index is 0.0742. The fourth-order valence-electron chi connectivity index (χ4n) is 1.13. The Morgan fingerprint density at radius 3 is 2.69 bits per heavy atom. The number of hydrogen-bond acceptors (Lipinski definition) is 3. The summed E-state index contributed by atoms with van der Waals surface area (Å²) in [5, 5.41) is 11.5. The molecule has 16 heavy (non-hydrogen) atoms. The molecule has 1 aromatic carbocycles. The average molecular weight is 353 g/mol. The Hall–Kier alpha value is -0.750. The summed E-state index contributed by atoms with van der Waals surface area (Å²) in [6, 6.07) is 3.65. The van der Waals surface area contributed by atoms with E-state index in [1.165, 1.54) is 0 Å². The maximum absolute atomic E-state index is 10.4. The van der Waals surface area contributed by atoms with Crippen molar-refractivity contribution in [3.05, 3.63) is 21.1 Å². The number of aliphatic carboxylic acids is 1. The number of methoxy groups -OCH3 is 1. The molecule has 0 unspecified atom stereocenters. The van der Waals surface area contributed by atoms with Crippen LogP contribution < -0.4 is 10.1 Å². The average Bonchev–Trinajstić information content (AvgIpc) is 2.20. The number of hydrogen-bond donors (Lipinski definition) is 2. The zero-order chi connectivity index (χ0) is 12.1. The molecule has 0 heterocycles. The van der Waals surface area contributed by atoms with Gasteiger partial charge >= 0.3 is 5.97 Å². The number of ether oxygens (including phenoxy) is 1. The lowest BCUT2D eigenvalue weighted by atomic mass is 10.3. The van der Waals surface area contributed by atoms with Gasteiger partial charge in [0.05, 0.1) is 23.7 Å². The Morgan fingerprint density at radius 2 is 2.12 bits per heavy atom. The van der Waals surface area contributed by atoms with Gasteiger partial charge in [0.15, 0.2) is 0 Å². The second-order valence-electron chi connectivity index (χ2n) is 3.04. The van der Waals surface area contributed by atoms with Crippen LogP contribution in [-0.2, 0) is 4.79 Å². The summed E-state index contributed by atoms with van der Waals surface area (Å²) in [6.07, 6.45) is 0.0742. The van der Waals surface area contributed by atoms with Gasteiger partial charge in [-0.3, -0.25) is 4.79 Å². The first-order valence-corrected chi connectivity index (χ1v) is 6.12. The van der Waals surface area contributed by atoms with Crippen molar-refractivity contribution in [2.24, 2.45) is 0 Å². The molecular weight excluding hydrogens is 342 g/mol. The normalized spacial score (nSPS) is 9.94. The molecule has 0 fully saturated rings. The molecule has 0 saturated heterocycles. The van der Waals surface area contributed by atoms with Gasteiger partial charge in [-0.15, -0.1) is 0 Å². The number of carbonyl (C=O) groups is 1. The van der Waals surface area contributed by atoms with Crippen molar-refractivity contribution >= 4 is 43.5 Å². The highest BCUT2D eigenvalue weighted by Gasteiger charge is 2.07. The molecule has 0 aliphatic rings. The Balaban J connectivity index is 2.75. The van der Waals surface area contributed by atoms with E-state index in [1.807, 2.05) is 6.07 Å². The molecule has 1 aromatic rings. The molecule has 0 radical (unpaired) electrons. The van der Waals surface area contributed by atoms with Gasteiger partial charge in [-0.25, -0.2) is 0 Å². The van der Waals surface area contributed by atoms with E-state index in [1.54, 1.807) is 13.2 Å². The number of rotatable bonds is 5. The SMILES string of the molecule is COc1cc(NCCC(=O)O)c(Br)cc1Br. The molecule has 1 rings (SSSR count). The number of carboxylic acid groups (broad SMARTS) is 1. The zero-order valence-electron chi connectivity index (χ0n) is 8.59. The Morgan fingerprint density at radius 1 is 1.44 bits per heavy atom. The van der Waals surface area contributed by atoms with Crippen molar-refractivity contribution in [2.45, 2.75) is 6.42 Å². The fraction of sp³-hybridized carbons (Fsp3) is 0.300. The minimum Gasteiger partial charge on any atom is -0.495 e. The van der Waals surface area contributed by atoms with E-state index in [2.05, 4.69) is 37.2 Å². The van der Waals surface area contributed by atoms with E-state index < -0.39 is 5.97 Å². The standard InChI is InChI=1S/C10H11Br2NO3/c1-16-9-5-8(6(11)4-7(9)12)13-3-2-10(14)15/h4-5,13H,2-3H2,1H3,(H,14,15). The van der Waals surface area contributed by atoms with Gasteiger partial charge < -0.3 is 15.2 Å². The van der Waals surface area contributed by atoms with Gasteiger partial charge in [0, 0.05) is 17.1 Å². The lowest BCUT2D eigenvalue weighted by Gasteiger charge is -2.11. The van der Waals surface area contributed by atoms with Crippen molar-refractivity contribution in [2.75, 3.05) is 19.0 Å². The molecule has 0 bridgehead atoms. The summed E-state index contributed by atoms with van der Waals surface area (Å²) in [4.78, 5) is 10.4. The molecule has 4 nitrogen and oxygen atoms in total. The molecule has 0 aliphatic carbocycles. The van der Waals surface area contributed by atoms with Crippen LogP contribution in [0, 0.1) is 0 Å². The van der Waals surface area contributed by atoms with Gasteiger partial charge in [-0.05, 0) is 37.9 Å². The van der Waals surface area contributed by atoms with Crippen LogP contribution in [0.25, 0.3) is 0 Å². The van der Waals surface area contributed by atoms with Gasteiger partial charge in [0.1, 0.15) is 5.75 Å². The zero-order valence-corrected chi connectivity index (χ0v) is 11.8. The number of benzene rings is 1. The Labute approximate surface area is 110 Å². The third-order valence-corrected chi connectivity index (χ3v) is 3.17. The lowest BCUT2D eigenvalue weighted by Crippen LogP contribution is -2.08. The van der Waals surface area contributed by atoms with Crippen LogP contribution in [0.2, 0.25) is 0 Å². The quantitative estimate of drug-likeness (QED) is 0.854. The first-order valence-electron chi connectivity index (χ1n) is 4.53. The molecule has 0 atom stereocenters. The van der Waals surface area contributed by atoms with Crippen LogP contribution in [0.3, 0.4) is 0 Å². The first-order chi connectivity index (χ1) is 7.54. The predicted molar refractivity (Wildman–Crippen MR) is 69.1 cm³/mol. The topological polar surface area (TPSA) is 58.6 Å². The van der Waals surface area contributed by atoms with Crippen LogP contribution in [-0.4, -0.2) is 24.7 Å². The third-order valence-electron chi connectivity index (χ3n) is 1.90. The van der Waals surface area contributed by atoms with Crippen LogP contribution in [0.5, 0.6) is 5.75 Å². The maximum atomic E-state index is 10.4. The second kappa shape index (κ2) is 6.10. The van der Waals surface area contributed by atoms with E-state index in [9.17, 15) is 4.79 Å².